The minimum Gasteiger partial charge on any atom is -0.493 e. The number of nitrogens with one attached hydrogen (secondary N) is 1. The zero-order valence-electron chi connectivity index (χ0n) is 15.3. The molecule has 0 aliphatic heterocycles. The molecule has 0 unspecified atom stereocenters. The van der Waals surface area contributed by atoms with Gasteiger partial charge < -0.3 is 4.74 Å². The maximum absolute atomic E-state index is 13.7. The van der Waals surface area contributed by atoms with Gasteiger partial charge in [0.05, 0.1) is 23.0 Å². The number of hydrogen-bond acceptors (Lipinski definition) is 7. The van der Waals surface area contributed by atoms with Crippen LogP contribution in [0.15, 0.2) is 47.1 Å². The number of thiophene rings is 2. The Hall–Kier alpha value is -2.84. The van der Waals surface area contributed by atoms with Crippen LogP contribution in [0.5, 0.6) is 5.75 Å². The quantitative estimate of drug-likeness (QED) is 0.325. The van der Waals surface area contributed by atoms with Gasteiger partial charge in [0, 0.05) is 21.4 Å². The summed E-state index contributed by atoms with van der Waals surface area (Å²) in [5, 5.41) is 6.28. The molecule has 8 heteroatoms. The van der Waals surface area contributed by atoms with Crippen LogP contribution in [0.3, 0.4) is 0 Å². The fourth-order valence-electron chi connectivity index (χ4n) is 2.84. The lowest BCUT2D eigenvalue weighted by Crippen LogP contribution is -1.95. The Morgan fingerprint density at radius 3 is 2.96 bits per heavy atom. The number of benzene rings is 1. The van der Waals surface area contributed by atoms with E-state index in [1.165, 1.54) is 29.8 Å². The number of fused-ring (bicyclic) bond motifs is 1. The summed E-state index contributed by atoms with van der Waals surface area (Å²) in [7, 11) is 0. The number of ether oxygens (including phenoxy) is 1. The molecule has 0 saturated carbocycles. The molecule has 3 aromatic heterocycles. The fraction of sp³-hybridized carbons (Fsp3) is 0.150. The molecule has 1 aromatic carbocycles. The Morgan fingerprint density at radius 2 is 2.18 bits per heavy atom. The molecule has 0 aliphatic rings. The average Bonchev–Trinajstić information content (AvgIpc) is 3.31. The van der Waals surface area contributed by atoms with Gasteiger partial charge in [-0.3, -0.25) is 5.43 Å². The van der Waals surface area contributed by atoms with Gasteiger partial charge in [0.25, 0.3) is 0 Å². The van der Waals surface area contributed by atoms with Crippen molar-refractivity contribution in [2.45, 2.75) is 13.8 Å². The smallest absolute Gasteiger partial charge is 0.167 e. The van der Waals surface area contributed by atoms with E-state index >= 15 is 0 Å². The summed E-state index contributed by atoms with van der Waals surface area (Å²) in [4.78, 5) is 10.8. The molecule has 0 saturated heterocycles. The fourth-order valence-corrected chi connectivity index (χ4v) is 4.66. The van der Waals surface area contributed by atoms with Gasteiger partial charge in [0.15, 0.2) is 5.82 Å². The SMILES string of the molecule is CCOc1cc(F)ccc1-c1sc2c(NN=Cc3cccs3)ncnc2c1C. The van der Waals surface area contributed by atoms with Crippen LogP contribution in [0.25, 0.3) is 20.7 Å². The van der Waals surface area contributed by atoms with Crippen LogP contribution >= 0.6 is 22.7 Å². The van der Waals surface area contributed by atoms with Gasteiger partial charge in [-0.2, -0.15) is 5.10 Å². The Morgan fingerprint density at radius 1 is 1.29 bits per heavy atom. The van der Waals surface area contributed by atoms with Crippen molar-refractivity contribution < 1.29 is 9.13 Å². The predicted molar refractivity (Wildman–Crippen MR) is 114 cm³/mol. The third-order valence-electron chi connectivity index (χ3n) is 4.10. The number of hydrogen-bond donors (Lipinski definition) is 1. The summed E-state index contributed by atoms with van der Waals surface area (Å²) < 4.78 is 20.2. The van der Waals surface area contributed by atoms with Crippen molar-refractivity contribution in [1.29, 1.82) is 0 Å². The van der Waals surface area contributed by atoms with E-state index in [1.54, 1.807) is 23.6 Å². The van der Waals surface area contributed by atoms with Gasteiger partial charge in [-0.25, -0.2) is 14.4 Å². The van der Waals surface area contributed by atoms with Crippen LogP contribution in [0.1, 0.15) is 17.4 Å². The Balaban J connectivity index is 1.75. The number of hydrazone groups is 1. The Kier molecular flexibility index (Phi) is 5.31. The Bertz CT molecular complexity index is 1140. The van der Waals surface area contributed by atoms with E-state index in [0.717, 1.165) is 31.1 Å². The van der Waals surface area contributed by atoms with Gasteiger partial charge in [-0.05, 0) is 43.0 Å². The van der Waals surface area contributed by atoms with Crippen molar-refractivity contribution in [2.24, 2.45) is 5.10 Å². The molecule has 4 rings (SSSR count). The Labute approximate surface area is 169 Å². The van der Waals surface area contributed by atoms with Crippen molar-refractivity contribution in [2.75, 3.05) is 12.0 Å². The van der Waals surface area contributed by atoms with E-state index in [9.17, 15) is 4.39 Å². The van der Waals surface area contributed by atoms with Crippen LogP contribution in [0.2, 0.25) is 0 Å². The van der Waals surface area contributed by atoms with Gasteiger partial charge in [0.2, 0.25) is 0 Å². The summed E-state index contributed by atoms with van der Waals surface area (Å²) in [6.45, 7) is 4.34. The van der Waals surface area contributed by atoms with Gasteiger partial charge in [0.1, 0.15) is 17.9 Å². The number of halogens is 1. The molecule has 5 nitrogen and oxygen atoms in total. The van der Waals surface area contributed by atoms with Gasteiger partial charge in [-0.1, -0.05) is 6.07 Å². The summed E-state index contributed by atoms with van der Waals surface area (Å²) >= 11 is 3.15. The first-order valence-corrected chi connectivity index (χ1v) is 10.4. The highest BCUT2D eigenvalue weighted by atomic mass is 32.1. The van der Waals surface area contributed by atoms with Gasteiger partial charge >= 0.3 is 0 Å². The van der Waals surface area contributed by atoms with Crippen molar-refractivity contribution >= 4 is 44.9 Å². The van der Waals surface area contributed by atoms with E-state index in [1.807, 2.05) is 31.4 Å². The molecule has 0 amide bonds. The lowest BCUT2D eigenvalue weighted by Gasteiger charge is -2.09. The highest BCUT2D eigenvalue weighted by molar-refractivity contribution is 7.23. The zero-order valence-corrected chi connectivity index (χ0v) is 16.9. The third-order valence-corrected chi connectivity index (χ3v) is 6.23. The summed E-state index contributed by atoms with van der Waals surface area (Å²) in [5.74, 6) is 0.837. The molecule has 142 valence electrons. The number of rotatable bonds is 6. The molecular weight excluding hydrogens is 395 g/mol. The molecular formula is C20H17FN4OS2. The molecule has 4 aromatic rings. The van der Waals surface area contributed by atoms with Crippen LogP contribution in [-0.2, 0) is 0 Å². The second-order valence-electron chi connectivity index (χ2n) is 5.92. The van der Waals surface area contributed by atoms with Crippen LogP contribution in [0, 0.1) is 12.7 Å². The maximum atomic E-state index is 13.7. The zero-order chi connectivity index (χ0) is 19.5. The maximum Gasteiger partial charge on any atom is 0.167 e. The molecule has 0 atom stereocenters. The minimum absolute atomic E-state index is 0.323. The third kappa shape index (κ3) is 3.61. The average molecular weight is 413 g/mol. The highest BCUT2D eigenvalue weighted by Crippen LogP contribution is 2.43. The summed E-state index contributed by atoms with van der Waals surface area (Å²) in [6.07, 6.45) is 3.27. The minimum atomic E-state index is -0.323. The molecule has 0 spiro atoms. The lowest BCUT2D eigenvalue weighted by molar-refractivity contribution is 0.340. The highest BCUT2D eigenvalue weighted by Gasteiger charge is 2.18. The molecule has 28 heavy (non-hydrogen) atoms. The van der Waals surface area contributed by atoms with E-state index in [-0.39, 0.29) is 5.82 Å². The van der Waals surface area contributed by atoms with Crippen LogP contribution in [-0.4, -0.2) is 22.8 Å². The number of aromatic nitrogens is 2. The molecule has 0 aliphatic carbocycles. The number of anilines is 1. The van der Waals surface area contributed by atoms with Crippen molar-refractivity contribution in [3.63, 3.8) is 0 Å². The lowest BCUT2D eigenvalue weighted by atomic mass is 10.1. The van der Waals surface area contributed by atoms with E-state index in [2.05, 4.69) is 20.5 Å². The first-order chi connectivity index (χ1) is 13.7. The van der Waals surface area contributed by atoms with Crippen molar-refractivity contribution in [1.82, 2.24) is 9.97 Å². The van der Waals surface area contributed by atoms with E-state index in [0.29, 0.717) is 18.2 Å². The first kappa shape index (κ1) is 18.5. The molecule has 0 bridgehead atoms. The van der Waals surface area contributed by atoms with E-state index < -0.39 is 0 Å². The second-order valence-corrected chi connectivity index (χ2v) is 7.92. The normalized spacial score (nSPS) is 11.4. The predicted octanol–water partition coefficient (Wildman–Crippen LogP) is 5.71. The molecule has 0 fully saturated rings. The van der Waals surface area contributed by atoms with Crippen molar-refractivity contribution in [3.8, 4) is 16.2 Å². The van der Waals surface area contributed by atoms with Gasteiger partial charge in [-0.15, -0.1) is 22.7 Å². The van der Waals surface area contributed by atoms with E-state index in [4.69, 9.17) is 4.74 Å². The molecule has 3 heterocycles. The summed E-state index contributed by atoms with van der Waals surface area (Å²) in [6, 6.07) is 8.56. The second kappa shape index (κ2) is 8.04. The number of aryl methyl sites for hydroxylation is 1. The summed E-state index contributed by atoms with van der Waals surface area (Å²) in [5.41, 5.74) is 5.70. The monoisotopic (exact) mass is 412 g/mol. The first-order valence-electron chi connectivity index (χ1n) is 8.66. The van der Waals surface area contributed by atoms with Crippen LogP contribution < -0.4 is 10.2 Å². The largest absolute Gasteiger partial charge is 0.493 e. The standard InChI is InChI=1S/C20H17FN4OS2/c1-3-26-16-9-13(21)6-7-15(16)18-12(2)17-19(28-18)20(23-11-22-17)25-24-10-14-5-4-8-27-14/h4-11H,3H2,1-2H3,(H,22,23,25). The van der Waals surface area contributed by atoms with Crippen molar-refractivity contribution in [3.05, 3.63) is 58.3 Å². The topological polar surface area (TPSA) is 59.4 Å². The molecule has 1 N–H and O–H groups in total. The molecule has 0 radical (unpaired) electrons. The van der Waals surface area contributed by atoms with Crippen LogP contribution in [0.4, 0.5) is 10.2 Å². The number of nitrogens with zero attached hydrogens (tertiary/aromatic N) is 3.